The molecule has 0 aliphatic rings. The van der Waals surface area contributed by atoms with Gasteiger partial charge in [0.15, 0.2) is 0 Å². The Bertz CT molecular complexity index is 630. The van der Waals surface area contributed by atoms with Crippen molar-refractivity contribution in [3.8, 4) is 0 Å². The topological polar surface area (TPSA) is 51.1 Å². The van der Waals surface area contributed by atoms with Gasteiger partial charge in [0, 0.05) is 18.3 Å². The molecule has 0 saturated heterocycles. The molecule has 0 radical (unpaired) electrons. The SMILES string of the molecule is CC(C)CCNC(=O)Cn1cccc1C(=O)c1ccccc1. The number of benzene rings is 1. The van der Waals surface area contributed by atoms with Crippen LogP contribution in [-0.2, 0) is 11.3 Å². The molecule has 116 valence electrons. The number of rotatable bonds is 7. The Balaban J connectivity index is 2.01. The summed E-state index contributed by atoms with van der Waals surface area (Å²) in [6.07, 6.45) is 2.71. The fourth-order valence-corrected chi connectivity index (χ4v) is 2.21. The molecule has 0 unspecified atom stereocenters. The highest BCUT2D eigenvalue weighted by Crippen LogP contribution is 2.10. The zero-order valence-electron chi connectivity index (χ0n) is 13.1. The smallest absolute Gasteiger partial charge is 0.239 e. The van der Waals surface area contributed by atoms with Gasteiger partial charge in [0.25, 0.3) is 0 Å². The normalized spacial score (nSPS) is 10.7. The summed E-state index contributed by atoms with van der Waals surface area (Å²) in [6, 6.07) is 12.6. The maximum atomic E-state index is 12.5. The van der Waals surface area contributed by atoms with Crippen LogP contribution in [0.2, 0.25) is 0 Å². The van der Waals surface area contributed by atoms with E-state index in [1.807, 2.05) is 18.2 Å². The summed E-state index contributed by atoms with van der Waals surface area (Å²) >= 11 is 0. The summed E-state index contributed by atoms with van der Waals surface area (Å²) in [6.45, 7) is 5.07. The molecule has 4 nitrogen and oxygen atoms in total. The molecule has 0 aliphatic carbocycles. The zero-order valence-corrected chi connectivity index (χ0v) is 13.1. The first-order valence-electron chi connectivity index (χ1n) is 7.59. The van der Waals surface area contributed by atoms with E-state index < -0.39 is 0 Å². The predicted molar refractivity (Wildman–Crippen MR) is 86.8 cm³/mol. The van der Waals surface area contributed by atoms with E-state index in [0.717, 1.165) is 6.42 Å². The number of amides is 1. The lowest BCUT2D eigenvalue weighted by Crippen LogP contribution is -2.29. The van der Waals surface area contributed by atoms with E-state index in [9.17, 15) is 9.59 Å². The van der Waals surface area contributed by atoms with Crippen molar-refractivity contribution in [1.29, 1.82) is 0 Å². The number of carbonyl (C=O) groups excluding carboxylic acids is 2. The number of aromatic nitrogens is 1. The summed E-state index contributed by atoms with van der Waals surface area (Å²) < 4.78 is 1.69. The van der Waals surface area contributed by atoms with Crippen molar-refractivity contribution >= 4 is 11.7 Å². The minimum absolute atomic E-state index is 0.0689. The van der Waals surface area contributed by atoms with Crippen LogP contribution in [-0.4, -0.2) is 22.8 Å². The maximum Gasteiger partial charge on any atom is 0.239 e. The third-order valence-corrected chi connectivity index (χ3v) is 3.46. The quantitative estimate of drug-likeness (QED) is 0.799. The summed E-state index contributed by atoms with van der Waals surface area (Å²) in [7, 11) is 0. The van der Waals surface area contributed by atoms with Crippen molar-refractivity contribution in [3.05, 3.63) is 59.9 Å². The summed E-state index contributed by atoms with van der Waals surface area (Å²) in [5.74, 6) is 0.418. The number of hydrogen-bond acceptors (Lipinski definition) is 2. The molecular formula is C18H22N2O2. The van der Waals surface area contributed by atoms with E-state index in [0.29, 0.717) is 23.7 Å². The van der Waals surface area contributed by atoms with Gasteiger partial charge < -0.3 is 9.88 Å². The van der Waals surface area contributed by atoms with Crippen LogP contribution in [0, 0.1) is 5.92 Å². The molecule has 0 spiro atoms. The largest absolute Gasteiger partial charge is 0.355 e. The van der Waals surface area contributed by atoms with Gasteiger partial charge in [-0.1, -0.05) is 44.2 Å². The van der Waals surface area contributed by atoms with Gasteiger partial charge in [0.1, 0.15) is 6.54 Å². The molecule has 2 aromatic rings. The summed E-state index contributed by atoms with van der Waals surface area (Å²) in [5.41, 5.74) is 1.16. The van der Waals surface area contributed by atoms with Gasteiger partial charge in [-0.15, -0.1) is 0 Å². The van der Waals surface area contributed by atoms with Crippen LogP contribution >= 0.6 is 0 Å². The van der Waals surface area contributed by atoms with Crippen LogP contribution in [0.15, 0.2) is 48.7 Å². The molecule has 0 aliphatic heterocycles. The van der Waals surface area contributed by atoms with E-state index in [1.54, 1.807) is 35.0 Å². The molecule has 4 heteroatoms. The number of ketones is 1. The van der Waals surface area contributed by atoms with Gasteiger partial charge in [0.05, 0.1) is 5.69 Å². The Hall–Kier alpha value is -2.36. The van der Waals surface area contributed by atoms with Crippen LogP contribution in [0.4, 0.5) is 0 Å². The Kier molecular flexibility index (Phi) is 5.53. The highest BCUT2D eigenvalue weighted by Gasteiger charge is 2.14. The van der Waals surface area contributed by atoms with Crippen molar-refractivity contribution in [2.75, 3.05) is 6.54 Å². The maximum absolute atomic E-state index is 12.5. The van der Waals surface area contributed by atoms with E-state index in [4.69, 9.17) is 0 Å². The zero-order chi connectivity index (χ0) is 15.9. The van der Waals surface area contributed by atoms with Crippen LogP contribution in [0.3, 0.4) is 0 Å². The molecule has 1 aromatic heterocycles. The van der Waals surface area contributed by atoms with Gasteiger partial charge in [-0.3, -0.25) is 9.59 Å². The number of nitrogens with zero attached hydrogens (tertiary/aromatic N) is 1. The van der Waals surface area contributed by atoms with Crippen molar-refractivity contribution in [2.24, 2.45) is 5.92 Å². The number of hydrogen-bond donors (Lipinski definition) is 1. The van der Waals surface area contributed by atoms with Crippen molar-refractivity contribution < 1.29 is 9.59 Å². The number of carbonyl (C=O) groups is 2. The van der Waals surface area contributed by atoms with Gasteiger partial charge >= 0.3 is 0 Å². The lowest BCUT2D eigenvalue weighted by Gasteiger charge is -2.10. The predicted octanol–water partition coefficient (Wildman–Crippen LogP) is 2.88. The van der Waals surface area contributed by atoms with Crippen LogP contribution in [0.25, 0.3) is 0 Å². The Morgan fingerprint density at radius 2 is 1.82 bits per heavy atom. The molecule has 0 bridgehead atoms. The lowest BCUT2D eigenvalue weighted by molar-refractivity contribution is -0.121. The van der Waals surface area contributed by atoms with Crippen molar-refractivity contribution in [2.45, 2.75) is 26.8 Å². The van der Waals surface area contributed by atoms with E-state index in [1.165, 1.54) is 0 Å². The van der Waals surface area contributed by atoms with Crippen LogP contribution < -0.4 is 5.32 Å². The van der Waals surface area contributed by atoms with Crippen molar-refractivity contribution in [3.63, 3.8) is 0 Å². The summed E-state index contributed by atoms with van der Waals surface area (Å²) in [5, 5.41) is 2.89. The molecule has 0 atom stereocenters. The van der Waals surface area contributed by atoms with E-state index >= 15 is 0 Å². The van der Waals surface area contributed by atoms with E-state index in [-0.39, 0.29) is 18.2 Å². The molecular weight excluding hydrogens is 276 g/mol. The fourth-order valence-electron chi connectivity index (χ4n) is 2.21. The lowest BCUT2D eigenvalue weighted by atomic mass is 10.1. The fraction of sp³-hybridized carbons (Fsp3) is 0.333. The minimum atomic E-state index is -0.0704. The first kappa shape index (κ1) is 16.0. The molecule has 0 fully saturated rings. The van der Waals surface area contributed by atoms with Gasteiger partial charge in [-0.2, -0.15) is 0 Å². The Morgan fingerprint density at radius 1 is 1.09 bits per heavy atom. The summed E-state index contributed by atoms with van der Waals surface area (Å²) in [4.78, 5) is 24.4. The van der Waals surface area contributed by atoms with Crippen LogP contribution in [0.5, 0.6) is 0 Å². The third-order valence-electron chi connectivity index (χ3n) is 3.46. The molecule has 0 saturated carbocycles. The Labute approximate surface area is 131 Å². The second-order valence-corrected chi connectivity index (χ2v) is 5.75. The highest BCUT2D eigenvalue weighted by molar-refractivity contribution is 6.08. The van der Waals surface area contributed by atoms with E-state index in [2.05, 4.69) is 19.2 Å². The van der Waals surface area contributed by atoms with Gasteiger partial charge in [0.2, 0.25) is 11.7 Å². The van der Waals surface area contributed by atoms with Gasteiger partial charge in [-0.05, 0) is 24.5 Å². The average molecular weight is 298 g/mol. The highest BCUT2D eigenvalue weighted by atomic mass is 16.2. The van der Waals surface area contributed by atoms with Crippen LogP contribution in [0.1, 0.15) is 36.3 Å². The first-order valence-corrected chi connectivity index (χ1v) is 7.59. The van der Waals surface area contributed by atoms with Gasteiger partial charge in [-0.25, -0.2) is 0 Å². The second-order valence-electron chi connectivity index (χ2n) is 5.75. The monoisotopic (exact) mass is 298 g/mol. The molecule has 1 heterocycles. The molecule has 2 rings (SSSR count). The number of nitrogens with one attached hydrogen (secondary N) is 1. The molecule has 1 N–H and O–H groups in total. The minimum Gasteiger partial charge on any atom is -0.355 e. The standard InChI is InChI=1S/C18H22N2O2/c1-14(2)10-11-19-17(21)13-20-12-6-9-16(20)18(22)15-7-4-3-5-8-15/h3-9,12,14H,10-11,13H2,1-2H3,(H,19,21). The molecule has 1 amide bonds. The molecule has 1 aromatic carbocycles. The Morgan fingerprint density at radius 3 is 2.50 bits per heavy atom. The van der Waals surface area contributed by atoms with Crippen molar-refractivity contribution in [1.82, 2.24) is 9.88 Å². The second kappa shape index (κ2) is 7.59. The molecule has 22 heavy (non-hydrogen) atoms. The third kappa shape index (κ3) is 4.32. The first-order chi connectivity index (χ1) is 10.6. The average Bonchev–Trinajstić information content (AvgIpc) is 2.95.